The maximum absolute atomic E-state index is 5.46. The number of nitrogens with two attached hydrogens (primary N) is 1. The molecule has 1 fully saturated rings. The lowest BCUT2D eigenvalue weighted by molar-refractivity contribution is 0.362. The first-order chi connectivity index (χ1) is 5.55. The highest BCUT2D eigenvalue weighted by atomic mass is 14.9. The molecule has 0 aliphatic heterocycles. The van der Waals surface area contributed by atoms with E-state index in [-0.39, 0.29) is 0 Å². The van der Waals surface area contributed by atoms with Gasteiger partial charge in [0.05, 0.1) is 0 Å². The Labute approximate surface area is 75.9 Å². The SMILES string of the molecule is CC1CC(C)(C)CC1NCCN. The van der Waals surface area contributed by atoms with E-state index >= 15 is 0 Å². The number of hydrogen-bond donors (Lipinski definition) is 2. The standard InChI is InChI=1S/C10H22N2/c1-8-6-10(2,3)7-9(8)12-5-4-11/h8-9,12H,4-7,11H2,1-3H3. The highest BCUT2D eigenvalue weighted by molar-refractivity contribution is 4.90. The molecule has 2 nitrogen and oxygen atoms in total. The smallest absolute Gasteiger partial charge is 0.00985 e. The predicted molar refractivity (Wildman–Crippen MR) is 53.0 cm³/mol. The summed E-state index contributed by atoms with van der Waals surface area (Å²) in [6, 6.07) is 0.698. The van der Waals surface area contributed by atoms with Gasteiger partial charge in [-0.15, -0.1) is 0 Å². The van der Waals surface area contributed by atoms with Crippen LogP contribution >= 0.6 is 0 Å². The third-order valence-electron chi connectivity index (χ3n) is 2.88. The van der Waals surface area contributed by atoms with Crippen LogP contribution in [-0.2, 0) is 0 Å². The highest BCUT2D eigenvalue weighted by Crippen LogP contribution is 2.40. The van der Waals surface area contributed by atoms with Gasteiger partial charge in [0.25, 0.3) is 0 Å². The van der Waals surface area contributed by atoms with E-state index in [0.29, 0.717) is 11.5 Å². The molecule has 0 spiro atoms. The molecular weight excluding hydrogens is 148 g/mol. The molecule has 2 heteroatoms. The first-order valence-corrected chi connectivity index (χ1v) is 4.98. The zero-order valence-corrected chi connectivity index (χ0v) is 8.56. The average molecular weight is 170 g/mol. The lowest BCUT2D eigenvalue weighted by Gasteiger charge is -2.17. The van der Waals surface area contributed by atoms with Gasteiger partial charge in [0.1, 0.15) is 0 Å². The van der Waals surface area contributed by atoms with Crippen molar-refractivity contribution in [2.24, 2.45) is 17.1 Å². The first kappa shape index (κ1) is 10.0. The molecule has 2 unspecified atom stereocenters. The van der Waals surface area contributed by atoms with Gasteiger partial charge in [-0.3, -0.25) is 0 Å². The Morgan fingerprint density at radius 2 is 2.08 bits per heavy atom. The van der Waals surface area contributed by atoms with Crippen molar-refractivity contribution in [3.63, 3.8) is 0 Å². The predicted octanol–water partition coefficient (Wildman–Crippen LogP) is 1.36. The van der Waals surface area contributed by atoms with E-state index in [1.807, 2.05) is 0 Å². The Bertz CT molecular complexity index is 143. The van der Waals surface area contributed by atoms with Crippen molar-refractivity contribution in [2.75, 3.05) is 13.1 Å². The summed E-state index contributed by atoms with van der Waals surface area (Å²) >= 11 is 0. The van der Waals surface area contributed by atoms with E-state index in [1.165, 1.54) is 12.8 Å². The molecule has 1 aliphatic rings. The highest BCUT2D eigenvalue weighted by Gasteiger charge is 2.35. The average Bonchev–Trinajstić information content (AvgIpc) is 2.20. The summed E-state index contributed by atoms with van der Waals surface area (Å²) in [7, 11) is 0. The zero-order chi connectivity index (χ0) is 9.19. The summed E-state index contributed by atoms with van der Waals surface area (Å²) in [6.45, 7) is 8.76. The molecule has 0 aromatic rings. The Balaban J connectivity index is 2.36. The van der Waals surface area contributed by atoms with Gasteiger partial charge in [-0.25, -0.2) is 0 Å². The third-order valence-corrected chi connectivity index (χ3v) is 2.88. The van der Waals surface area contributed by atoms with Gasteiger partial charge in [-0.2, -0.15) is 0 Å². The Morgan fingerprint density at radius 3 is 2.50 bits per heavy atom. The first-order valence-electron chi connectivity index (χ1n) is 4.98. The van der Waals surface area contributed by atoms with Gasteiger partial charge >= 0.3 is 0 Å². The Hall–Kier alpha value is -0.0800. The van der Waals surface area contributed by atoms with E-state index in [4.69, 9.17) is 5.73 Å². The van der Waals surface area contributed by atoms with Crippen LogP contribution in [0.25, 0.3) is 0 Å². The topological polar surface area (TPSA) is 38.0 Å². The van der Waals surface area contributed by atoms with Crippen molar-refractivity contribution in [2.45, 2.75) is 39.7 Å². The minimum absolute atomic E-state index is 0.533. The van der Waals surface area contributed by atoms with E-state index in [0.717, 1.165) is 19.0 Å². The van der Waals surface area contributed by atoms with Gasteiger partial charge in [0, 0.05) is 19.1 Å². The van der Waals surface area contributed by atoms with Crippen LogP contribution in [0.1, 0.15) is 33.6 Å². The minimum Gasteiger partial charge on any atom is -0.329 e. The van der Waals surface area contributed by atoms with Crippen LogP contribution in [0.4, 0.5) is 0 Å². The van der Waals surface area contributed by atoms with Crippen molar-refractivity contribution in [1.82, 2.24) is 5.32 Å². The van der Waals surface area contributed by atoms with Crippen molar-refractivity contribution in [1.29, 1.82) is 0 Å². The molecule has 1 rings (SSSR count). The van der Waals surface area contributed by atoms with Crippen LogP contribution in [0, 0.1) is 11.3 Å². The van der Waals surface area contributed by atoms with E-state index in [1.54, 1.807) is 0 Å². The summed E-state index contributed by atoms with van der Waals surface area (Å²) in [4.78, 5) is 0. The zero-order valence-electron chi connectivity index (χ0n) is 8.56. The van der Waals surface area contributed by atoms with Crippen LogP contribution in [0.15, 0.2) is 0 Å². The third kappa shape index (κ3) is 2.46. The number of nitrogens with one attached hydrogen (secondary N) is 1. The van der Waals surface area contributed by atoms with Crippen molar-refractivity contribution in [3.8, 4) is 0 Å². The minimum atomic E-state index is 0.533. The molecule has 12 heavy (non-hydrogen) atoms. The fourth-order valence-electron chi connectivity index (χ4n) is 2.44. The van der Waals surface area contributed by atoms with E-state index in [2.05, 4.69) is 26.1 Å². The van der Waals surface area contributed by atoms with Crippen LogP contribution in [0.5, 0.6) is 0 Å². The second-order valence-electron chi connectivity index (χ2n) is 4.90. The molecule has 0 saturated heterocycles. The summed E-state index contributed by atoms with van der Waals surface area (Å²) in [6.07, 6.45) is 2.64. The fourth-order valence-corrected chi connectivity index (χ4v) is 2.44. The monoisotopic (exact) mass is 170 g/mol. The van der Waals surface area contributed by atoms with Crippen molar-refractivity contribution in [3.05, 3.63) is 0 Å². The summed E-state index contributed by atoms with van der Waals surface area (Å²) < 4.78 is 0. The number of hydrogen-bond acceptors (Lipinski definition) is 2. The van der Waals surface area contributed by atoms with E-state index < -0.39 is 0 Å². The van der Waals surface area contributed by atoms with Crippen molar-refractivity contribution >= 4 is 0 Å². The lowest BCUT2D eigenvalue weighted by Crippen LogP contribution is -2.35. The van der Waals surface area contributed by atoms with Crippen LogP contribution in [-0.4, -0.2) is 19.1 Å². The molecule has 0 aromatic carbocycles. The molecular formula is C10H22N2. The molecule has 0 heterocycles. The van der Waals surface area contributed by atoms with E-state index in [9.17, 15) is 0 Å². The maximum Gasteiger partial charge on any atom is 0.00985 e. The normalized spacial score (nSPS) is 34.0. The van der Waals surface area contributed by atoms with Crippen LogP contribution in [0.3, 0.4) is 0 Å². The molecule has 2 atom stereocenters. The fraction of sp³-hybridized carbons (Fsp3) is 1.00. The second kappa shape index (κ2) is 3.75. The van der Waals surface area contributed by atoms with Gasteiger partial charge in [-0.05, 0) is 24.2 Å². The van der Waals surface area contributed by atoms with Gasteiger partial charge in [0.15, 0.2) is 0 Å². The second-order valence-corrected chi connectivity index (χ2v) is 4.90. The molecule has 3 N–H and O–H groups in total. The van der Waals surface area contributed by atoms with Crippen molar-refractivity contribution < 1.29 is 0 Å². The molecule has 72 valence electrons. The molecule has 0 radical (unpaired) electrons. The Kier molecular flexibility index (Phi) is 3.13. The van der Waals surface area contributed by atoms with Gasteiger partial charge in [-0.1, -0.05) is 20.8 Å². The molecule has 0 bridgehead atoms. The van der Waals surface area contributed by atoms with Gasteiger partial charge < -0.3 is 11.1 Å². The van der Waals surface area contributed by atoms with Crippen LogP contribution in [0.2, 0.25) is 0 Å². The summed E-state index contributed by atoms with van der Waals surface area (Å²) in [5.41, 5.74) is 5.99. The van der Waals surface area contributed by atoms with Crippen LogP contribution < -0.4 is 11.1 Å². The molecule has 0 amide bonds. The lowest BCUT2D eigenvalue weighted by atomic mass is 9.91. The Morgan fingerprint density at radius 1 is 1.42 bits per heavy atom. The maximum atomic E-state index is 5.46. The largest absolute Gasteiger partial charge is 0.329 e. The van der Waals surface area contributed by atoms with Gasteiger partial charge in [0.2, 0.25) is 0 Å². The summed E-state index contributed by atoms with van der Waals surface area (Å²) in [5.74, 6) is 0.812. The molecule has 1 aliphatic carbocycles. The molecule has 0 aromatic heterocycles. The number of rotatable bonds is 3. The quantitative estimate of drug-likeness (QED) is 0.671. The molecule has 1 saturated carbocycles. The summed E-state index contributed by atoms with van der Waals surface area (Å²) in [5, 5.41) is 3.51.